The quantitative estimate of drug-likeness (QED) is 0.293. The minimum atomic E-state index is 0. The van der Waals surface area contributed by atoms with E-state index < -0.39 is 0 Å². The van der Waals surface area contributed by atoms with Gasteiger partial charge in [-0.2, -0.15) is 5.57 Å². The van der Waals surface area contributed by atoms with Crippen molar-refractivity contribution < 1.29 is 63.4 Å². The van der Waals surface area contributed by atoms with Crippen LogP contribution in [0.2, 0.25) is 0 Å². The molecule has 6 heteroatoms. The Labute approximate surface area is 166 Å². The third-order valence-electron chi connectivity index (χ3n) is 2.89. The molecule has 1 nitrogen and oxygen atoms in total. The number of halogens is 4. The Morgan fingerprint density at radius 2 is 1.70 bits per heavy atom. The van der Waals surface area contributed by atoms with Gasteiger partial charge in [-0.05, 0) is 16.7 Å². The summed E-state index contributed by atoms with van der Waals surface area (Å²) in [6, 6.07) is 10.7. The Morgan fingerprint density at radius 3 is 2.30 bits per heavy atom. The van der Waals surface area contributed by atoms with Gasteiger partial charge >= 0.3 is 26.2 Å². The van der Waals surface area contributed by atoms with E-state index in [1.54, 1.807) is 0 Å². The minimum Gasteiger partial charge on any atom is -1.00 e. The number of benzene rings is 1. The monoisotopic (exact) mass is 467 g/mol. The van der Waals surface area contributed by atoms with Crippen LogP contribution in [0.4, 0.5) is 5.69 Å². The van der Waals surface area contributed by atoms with Crippen LogP contribution in [0, 0.1) is 6.08 Å². The molecule has 1 aliphatic heterocycles. The molecule has 2 aliphatic rings. The van der Waals surface area contributed by atoms with Gasteiger partial charge in [0.15, 0.2) is 0 Å². The summed E-state index contributed by atoms with van der Waals surface area (Å²) in [6.45, 7) is 2.13. The van der Waals surface area contributed by atoms with Crippen LogP contribution in [0.1, 0.15) is 6.92 Å². The molecule has 0 amide bonds. The predicted octanol–water partition coefficient (Wildman–Crippen LogP) is -5.19. The molecule has 1 aromatic carbocycles. The maximum atomic E-state index is 3.58. The Hall–Kier alpha value is 0.473. The molecule has 1 heterocycles. The van der Waals surface area contributed by atoms with Crippen molar-refractivity contribution in [3.05, 3.63) is 64.3 Å². The maximum Gasteiger partial charge on any atom is 4.00 e. The van der Waals surface area contributed by atoms with Gasteiger partial charge in [0, 0.05) is 11.7 Å². The number of rotatable bonds is 1. The summed E-state index contributed by atoms with van der Waals surface area (Å²) in [5.41, 5.74) is 3.75. The zero-order chi connectivity index (χ0) is 11.1. The Morgan fingerprint density at radius 1 is 1.10 bits per heavy atom. The Kier molecular flexibility index (Phi) is 10.8. The van der Waals surface area contributed by atoms with E-state index in [1.165, 1.54) is 16.8 Å². The van der Waals surface area contributed by atoms with Gasteiger partial charge in [0.25, 0.3) is 0 Å². The molecule has 0 saturated heterocycles. The third kappa shape index (κ3) is 4.24. The molecular weight excluding hydrogens is 460 g/mol. The van der Waals surface area contributed by atoms with Gasteiger partial charge in [0.2, 0.25) is 0 Å². The van der Waals surface area contributed by atoms with Gasteiger partial charge < -0.3 is 42.1 Å². The number of anilines is 1. The largest absolute Gasteiger partial charge is 4.00 e. The first kappa shape index (κ1) is 22.7. The molecule has 1 unspecified atom stereocenters. The number of fused-ring (bicyclic) bond motifs is 1. The summed E-state index contributed by atoms with van der Waals surface area (Å²) in [7, 11) is 0. The summed E-state index contributed by atoms with van der Waals surface area (Å²) in [6.07, 6.45) is 7.82. The minimum absolute atomic E-state index is 0. The van der Waals surface area contributed by atoms with Crippen LogP contribution in [-0.4, -0.2) is 6.04 Å². The van der Waals surface area contributed by atoms with Crippen LogP contribution in [0.3, 0.4) is 0 Å². The van der Waals surface area contributed by atoms with E-state index in [4.69, 9.17) is 0 Å². The van der Waals surface area contributed by atoms with E-state index in [0.717, 1.165) is 4.61 Å². The van der Waals surface area contributed by atoms with Crippen LogP contribution in [-0.2, 0) is 26.2 Å². The number of hydrogen-bond donors (Lipinski definition) is 0. The molecule has 0 spiro atoms. The van der Waals surface area contributed by atoms with E-state index in [9.17, 15) is 0 Å². The molecule has 0 saturated carbocycles. The van der Waals surface area contributed by atoms with Gasteiger partial charge in [0.05, 0.1) is 0 Å². The Balaban J connectivity index is 0. The Bertz CT molecular complexity index is 528. The van der Waals surface area contributed by atoms with Crippen molar-refractivity contribution in [2.24, 2.45) is 0 Å². The zero-order valence-electron chi connectivity index (χ0n) is 10.6. The third-order valence-corrected chi connectivity index (χ3v) is 3.47. The maximum absolute atomic E-state index is 3.58. The van der Waals surface area contributed by atoms with Crippen LogP contribution >= 0.6 is 15.9 Å². The molecule has 0 aromatic heterocycles. The molecule has 104 valence electrons. The average molecular weight is 471 g/mol. The topological polar surface area (TPSA) is 3.24 Å². The van der Waals surface area contributed by atoms with Crippen molar-refractivity contribution in [1.82, 2.24) is 0 Å². The fraction of sp³-hybridized carbons (Fsp3) is 0.143. The first-order valence-electron chi connectivity index (χ1n) is 5.29. The summed E-state index contributed by atoms with van der Waals surface area (Å²) < 4.78 is 1.01. The number of nitrogens with zero attached hydrogens (tertiary/aromatic N) is 1. The number of allylic oxidation sites excluding steroid dienone is 2. The van der Waals surface area contributed by atoms with Gasteiger partial charge in [-0.1, -0.05) is 47.1 Å². The smallest absolute Gasteiger partial charge is 1.00 e. The molecule has 0 radical (unpaired) electrons. The fourth-order valence-electron chi connectivity index (χ4n) is 2.21. The van der Waals surface area contributed by atoms with Gasteiger partial charge in [0.1, 0.15) is 0 Å². The predicted molar refractivity (Wildman–Crippen MR) is 70.2 cm³/mol. The molecule has 0 bridgehead atoms. The van der Waals surface area contributed by atoms with Crippen molar-refractivity contribution in [3.8, 4) is 0 Å². The SMILES string of the molecule is CC1=CC2C(=C1)[C-]=C(Br)N2c1ccccc1.[Cl-].[Cl-].[Cl-].[Zr+4]. The van der Waals surface area contributed by atoms with E-state index >= 15 is 0 Å². The van der Waals surface area contributed by atoms with Crippen LogP contribution in [0.5, 0.6) is 0 Å². The van der Waals surface area contributed by atoms with Crippen molar-refractivity contribution in [2.45, 2.75) is 13.0 Å². The number of hydrogen-bond acceptors (Lipinski definition) is 1. The van der Waals surface area contributed by atoms with Gasteiger partial charge in [-0.3, -0.25) is 0 Å². The second kappa shape index (κ2) is 9.48. The molecule has 20 heavy (non-hydrogen) atoms. The first-order valence-corrected chi connectivity index (χ1v) is 6.09. The molecule has 3 rings (SSSR count). The first-order chi connectivity index (χ1) is 7.75. The van der Waals surface area contributed by atoms with Crippen LogP contribution < -0.4 is 42.1 Å². The standard InChI is InChI=1S/C14H11BrN.3ClH.Zr/c1-10-7-11-9-14(15)16(13(11)8-10)12-5-3-2-4-6-12;;;;/h2-8,13H,1H3;3*1H;/q-1;;;;+4/p-3. The molecule has 1 aliphatic carbocycles. The molecule has 1 aromatic rings. The zero-order valence-corrected chi connectivity index (χ0v) is 16.9. The fourth-order valence-corrected chi connectivity index (χ4v) is 2.86. The molecule has 1 atom stereocenters. The average Bonchev–Trinajstić information content (AvgIpc) is 2.74. The van der Waals surface area contributed by atoms with Gasteiger partial charge in [-0.15, -0.1) is 5.57 Å². The van der Waals surface area contributed by atoms with E-state index in [-0.39, 0.29) is 63.4 Å². The van der Waals surface area contributed by atoms with E-state index in [1.807, 2.05) is 6.07 Å². The molecule has 0 fully saturated rings. The van der Waals surface area contributed by atoms with Crippen LogP contribution in [0.25, 0.3) is 0 Å². The van der Waals surface area contributed by atoms with Crippen LogP contribution in [0.15, 0.2) is 58.2 Å². The van der Waals surface area contributed by atoms with Crippen molar-refractivity contribution in [3.63, 3.8) is 0 Å². The normalized spacial score (nSPS) is 18.2. The number of para-hydroxylation sites is 1. The summed E-state index contributed by atoms with van der Waals surface area (Å²) >= 11 is 3.58. The molecule has 0 N–H and O–H groups in total. The van der Waals surface area contributed by atoms with Crippen molar-refractivity contribution >= 4 is 21.6 Å². The van der Waals surface area contributed by atoms with E-state index in [2.05, 4.69) is 70.2 Å². The second-order valence-electron chi connectivity index (χ2n) is 4.08. The molecular formula is C14H11BrCl3NZr. The van der Waals surface area contributed by atoms with Crippen molar-refractivity contribution in [1.29, 1.82) is 0 Å². The summed E-state index contributed by atoms with van der Waals surface area (Å²) in [5, 5.41) is 0. The van der Waals surface area contributed by atoms with Crippen molar-refractivity contribution in [2.75, 3.05) is 4.90 Å². The summed E-state index contributed by atoms with van der Waals surface area (Å²) in [4.78, 5) is 2.25. The summed E-state index contributed by atoms with van der Waals surface area (Å²) in [5.74, 6) is 0. The van der Waals surface area contributed by atoms with E-state index in [0.29, 0.717) is 6.04 Å². The van der Waals surface area contributed by atoms with Gasteiger partial charge in [-0.25, -0.2) is 12.2 Å². The second-order valence-corrected chi connectivity index (χ2v) is 4.83.